The van der Waals surface area contributed by atoms with Gasteiger partial charge in [0, 0.05) is 25.2 Å². The molecule has 28 heavy (non-hydrogen) atoms. The summed E-state index contributed by atoms with van der Waals surface area (Å²) < 4.78 is 0. The maximum absolute atomic E-state index is 12.5. The summed E-state index contributed by atoms with van der Waals surface area (Å²) in [6.45, 7) is 2.04. The van der Waals surface area contributed by atoms with Crippen LogP contribution in [0.1, 0.15) is 45.7 Å². The van der Waals surface area contributed by atoms with E-state index in [1.807, 2.05) is 53.4 Å². The van der Waals surface area contributed by atoms with Gasteiger partial charge in [0.1, 0.15) is 5.69 Å². The first-order chi connectivity index (χ1) is 13.7. The van der Waals surface area contributed by atoms with E-state index < -0.39 is 0 Å². The summed E-state index contributed by atoms with van der Waals surface area (Å²) >= 11 is 0. The van der Waals surface area contributed by atoms with Crippen molar-refractivity contribution in [2.24, 2.45) is 0 Å². The normalized spacial score (nSPS) is 14.1. The van der Waals surface area contributed by atoms with Crippen LogP contribution in [0.25, 0.3) is 11.0 Å². The van der Waals surface area contributed by atoms with Crippen molar-refractivity contribution in [3.05, 3.63) is 71.5 Å². The van der Waals surface area contributed by atoms with E-state index in [9.17, 15) is 9.59 Å². The Hall–Kier alpha value is -3.28. The van der Waals surface area contributed by atoms with Gasteiger partial charge in [-0.1, -0.05) is 24.3 Å². The van der Waals surface area contributed by atoms with Crippen LogP contribution in [0.2, 0.25) is 0 Å². The third-order valence-corrected chi connectivity index (χ3v) is 4.98. The molecule has 1 saturated heterocycles. The summed E-state index contributed by atoms with van der Waals surface area (Å²) in [5, 5.41) is 2.86. The fourth-order valence-corrected chi connectivity index (χ4v) is 3.38. The number of nitrogens with zero attached hydrogens (tertiary/aromatic N) is 3. The number of para-hydroxylation sites is 2. The van der Waals surface area contributed by atoms with Gasteiger partial charge in [0.15, 0.2) is 0 Å². The fraction of sp³-hybridized carbons (Fsp3) is 0.273. The molecule has 0 atom stereocenters. The lowest BCUT2D eigenvalue weighted by atomic mass is 10.1. The molecular weight excluding hydrogens is 352 g/mol. The van der Waals surface area contributed by atoms with Crippen LogP contribution in [-0.2, 0) is 6.54 Å². The van der Waals surface area contributed by atoms with Gasteiger partial charge in [-0.15, -0.1) is 0 Å². The van der Waals surface area contributed by atoms with E-state index in [4.69, 9.17) is 0 Å². The Morgan fingerprint density at radius 2 is 1.64 bits per heavy atom. The number of fused-ring (bicyclic) bond motifs is 1. The molecule has 1 aliphatic rings. The number of benzene rings is 2. The molecule has 0 spiro atoms. The van der Waals surface area contributed by atoms with Crippen molar-refractivity contribution in [1.82, 2.24) is 20.2 Å². The van der Waals surface area contributed by atoms with E-state index >= 15 is 0 Å². The van der Waals surface area contributed by atoms with E-state index in [0.717, 1.165) is 37.0 Å². The maximum atomic E-state index is 12.5. The van der Waals surface area contributed by atoms with E-state index in [1.165, 1.54) is 12.6 Å². The Morgan fingerprint density at radius 1 is 0.929 bits per heavy atom. The molecule has 2 aromatic carbocycles. The third kappa shape index (κ3) is 4.01. The van der Waals surface area contributed by atoms with Crippen LogP contribution < -0.4 is 5.32 Å². The van der Waals surface area contributed by atoms with Gasteiger partial charge in [-0.2, -0.15) is 0 Å². The SMILES string of the molecule is O=C(NCc1ccc(C(=O)N2CCCCC2)cc1)c1cnc2ccccc2n1. The molecule has 2 heterocycles. The molecule has 2 amide bonds. The molecule has 6 heteroatoms. The van der Waals surface area contributed by atoms with Crippen molar-refractivity contribution in [2.75, 3.05) is 13.1 Å². The molecule has 3 aromatic rings. The third-order valence-electron chi connectivity index (χ3n) is 4.98. The Kier molecular flexibility index (Phi) is 5.28. The molecule has 142 valence electrons. The highest BCUT2D eigenvalue weighted by molar-refractivity contribution is 5.95. The lowest BCUT2D eigenvalue weighted by Gasteiger charge is -2.26. The average molecular weight is 374 g/mol. The second-order valence-corrected chi connectivity index (χ2v) is 6.98. The van der Waals surface area contributed by atoms with Gasteiger partial charge in [-0.25, -0.2) is 4.98 Å². The van der Waals surface area contributed by atoms with Gasteiger partial charge in [-0.05, 0) is 49.1 Å². The van der Waals surface area contributed by atoms with Gasteiger partial charge in [-0.3, -0.25) is 14.6 Å². The number of aromatic nitrogens is 2. The minimum atomic E-state index is -0.272. The van der Waals surface area contributed by atoms with Gasteiger partial charge in [0.2, 0.25) is 0 Å². The maximum Gasteiger partial charge on any atom is 0.271 e. The van der Waals surface area contributed by atoms with Crippen LogP contribution in [0.5, 0.6) is 0 Å². The number of carbonyl (C=O) groups excluding carboxylic acids is 2. The second kappa shape index (κ2) is 8.17. The van der Waals surface area contributed by atoms with E-state index in [-0.39, 0.29) is 17.5 Å². The number of rotatable bonds is 4. The Labute approximate surface area is 163 Å². The van der Waals surface area contributed by atoms with Crippen LogP contribution in [0.4, 0.5) is 0 Å². The highest BCUT2D eigenvalue weighted by Crippen LogP contribution is 2.14. The molecular formula is C22H22N4O2. The molecule has 6 nitrogen and oxygen atoms in total. The molecule has 1 aliphatic heterocycles. The zero-order chi connectivity index (χ0) is 19.3. The first-order valence-corrected chi connectivity index (χ1v) is 9.59. The summed E-state index contributed by atoms with van der Waals surface area (Å²) in [5.41, 5.74) is 3.36. The van der Waals surface area contributed by atoms with Crippen molar-refractivity contribution in [2.45, 2.75) is 25.8 Å². The summed E-state index contributed by atoms with van der Waals surface area (Å²) in [7, 11) is 0. The van der Waals surface area contributed by atoms with Gasteiger partial charge >= 0.3 is 0 Å². The Balaban J connectivity index is 1.37. The number of hydrogen-bond acceptors (Lipinski definition) is 4. The molecule has 0 bridgehead atoms. The largest absolute Gasteiger partial charge is 0.347 e. The topological polar surface area (TPSA) is 75.2 Å². The van der Waals surface area contributed by atoms with Gasteiger partial charge < -0.3 is 10.2 Å². The predicted molar refractivity (Wildman–Crippen MR) is 107 cm³/mol. The number of piperidine rings is 1. The van der Waals surface area contributed by atoms with Crippen molar-refractivity contribution < 1.29 is 9.59 Å². The predicted octanol–water partition coefficient (Wildman–Crippen LogP) is 3.19. The van der Waals surface area contributed by atoms with Gasteiger partial charge in [0.25, 0.3) is 11.8 Å². The Morgan fingerprint density at radius 3 is 2.39 bits per heavy atom. The lowest BCUT2D eigenvalue weighted by molar-refractivity contribution is 0.0724. The minimum Gasteiger partial charge on any atom is -0.347 e. The first kappa shape index (κ1) is 18.1. The molecule has 1 fully saturated rings. The van der Waals surface area contributed by atoms with Crippen LogP contribution in [0.15, 0.2) is 54.7 Å². The highest BCUT2D eigenvalue weighted by atomic mass is 16.2. The molecule has 4 rings (SSSR count). The van der Waals surface area contributed by atoms with Crippen molar-refractivity contribution >= 4 is 22.8 Å². The smallest absolute Gasteiger partial charge is 0.271 e. The standard InChI is InChI=1S/C22H22N4O2/c27-21(20-15-23-18-6-2-3-7-19(18)25-20)24-14-16-8-10-17(11-9-16)22(28)26-12-4-1-5-13-26/h2-3,6-11,15H,1,4-5,12-14H2,(H,24,27). The number of hydrogen-bond donors (Lipinski definition) is 1. The number of nitrogens with one attached hydrogen (secondary N) is 1. The summed E-state index contributed by atoms with van der Waals surface area (Å²) in [6, 6.07) is 14.9. The summed E-state index contributed by atoms with van der Waals surface area (Å²) in [4.78, 5) is 35.4. The molecule has 1 aromatic heterocycles. The Bertz CT molecular complexity index is 995. The summed E-state index contributed by atoms with van der Waals surface area (Å²) in [5.74, 6) is -0.187. The highest BCUT2D eigenvalue weighted by Gasteiger charge is 2.18. The van der Waals surface area contributed by atoms with Gasteiger partial charge in [0.05, 0.1) is 17.2 Å². The minimum absolute atomic E-state index is 0.0849. The van der Waals surface area contributed by atoms with Crippen molar-refractivity contribution in [1.29, 1.82) is 0 Å². The van der Waals surface area contributed by atoms with Crippen LogP contribution >= 0.6 is 0 Å². The van der Waals surface area contributed by atoms with Crippen molar-refractivity contribution in [3.8, 4) is 0 Å². The number of amides is 2. The zero-order valence-corrected chi connectivity index (χ0v) is 15.6. The monoisotopic (exact) mass is 374 g/mol. The van der Waals surface area contributed by atoms with E-state index in [0.29, 0.717) is 17.6 Å². The first-order valence-electron chi connectivity index (χ1n) is 9.59. The second-order valence-electron chi connectivity index (χ2n) is 6.98. The molecule has 1 N–H and O–H groups in total. The molecule has 0 aliphatic carbocycles. The number of likely N-dealkylation sites (tertiary alicyclic amines) is 1. The summed E-state index contributed by atoms with van der Waals surface area (Å²) in [6.07, 6.45) is 4.84. The quantitative estimate of drug-likeness (QED) is 0.761. The number of carbonyl (C=O) groups is 2. The van der Waals surface area contributed by atoms with Crippen LogP contribution in [0, 0.1) is 0 Å². The zero-order valence-electron chi connectivity index (χ0n) is 15.6. The molecule has 0 unspecified atom stereocenters. The van der Waals surface area contributed by atoms with Crippen LogP contribution in [-0.4, -0.2) is 39.8 Å². The lowest BCUT2D eigenvalue weighted by Crippen LogP contribution is -2.35. The molecule has 0 saturated carbocycles. The fourth-order valence-electron chi connectivity index (χ4n) is 3.38. The molecule has 0 radical (unpaired) electrons. The van der Waals surface area contributed by atoms with E-state index in [2.05, 4.69) is 15.3 Å². The van der Waals surface area contributed by atoms with Crippen LogP contribution in [0.3, 0.4) is 0 Å². The van der Waals surface area contributed by atoms with Crippen molar-refractivity contribution in [3.63, 3.8) is 0 Å². The van der Waals surface area contributed by atoms with E-state index in [1.54, 1.807) is 0 Å². The average Bonchev–Trinajstić information content (AvgIpc) is 2.77.